The summed E-state index contributed by atoms with van der Waals surface area (Å²) in [4.78, 5) is 13.9. The third-order valence-electron chi connectivity index (χ3n) is 2.90. The van der Waals surface area contributed by atoms with Crippen LogP contribution >= 0.6 is 0 Å². The van der Waals surface area contributed by atoms with Gasteiger partial charge in [-0.25, -0.2) is 4.39 Å². The van der Waals surface area contributed by atoms with Crippen molar-refractivity contribution in [3.05, 3.63) is 29.6 Å². The van der Waals surface area contributed by atoms with Crippen LogP contribution in [0.15, 0.2) is 18.2 Å². The molecule has 0 aromatic heterocycles. The maximum atomic E-state index is 13.3. The van der Waals surface area contributed by atoms with Gasteiger partial charge in [-0.05, 0) is 32.0 Å². The third kappa shape index (κ3) is 5.69. The normalized spacial score (nSPS) is 10.6. The van der Waals surface area contributed by atoms with Crippen molar-refractivity contribution in [2.75, 3.05) is 39.5 Å². The van der Waals surface area contributed by atoms with E-state index in [-0.39, 0.29) is 11.3 Å². The average Bonchev–Trinajstić information content (AvgIpc) is 2.48. The van der Waals surface area contributed by atoms with Crippen LogP contribution in [0.2, 0.25) is 0 Å². The van der Waals surface area contributed by atoms with Gasteiger partial charge in [-0.15, -0.1) is 0 Å². The molecule has 0 saturated heterocycles. The minimum Gasteiger partial charge on any atom is -0.507 e. The molecule has 0 atom stereocenters. The summed E-state index contributed by atoms with van der Waals surface area (Å²) in [6, 6.07) is 3.31. The lowest BCUT2D eigenvalue weighted by atomic mass is 10.1. The van der Waals surface area contributed by atoms with E-state index in [1.54, 1.807) is 0 Å². The number of halogens is 1. The first kappa shape index (κ1) is 17.4. The molecule has 0 unspecified atom stereocenters. The SMILES string of the molecule is CCOCCN(CCOCC)C(=O)c1cc(F)ccc1O. The summed E-state index contributed by atoms with van der Waals surface area (Å²) in [5.41, 5.74) is -0.0528. The molecule has 1 N–H and O–H groups in total. The van der Waals surface area contributed by atoms with E-state index in [1.165, 1.54) is 11.0 Å². The van der Waals surface area contributed by atoms with Gasteiger partial charge < -0.3 is 19.5 Å². The highest BCUT2D eigenvalue weighted by Crippen LogP contribution is 2.19. The third-order valence-corrected chi connectivity index (χ3v) is 2.90. The van der Waals surface area contributed by atoms with Crippen LogP contribution in [0.25, 0.3) is 0 Å². The number of hydrogen-bond donors (Lipinski definition) is 1. The van der Waals surface area contributed by atoms with Crippen LogP contribution in [0.1, 0.15) is 24.2 Å². The number of rotatable bonds is 9. The van der Waals surface area contributed by atoms with Crippen LogP contribution < -0.4 is 0 Å². The number of phenols is 1. The van der Waals surface area contributed by atoms with Crippen LogP contribution in [-0.2, 0) is 9.47 Å². The van der Waals surface area contributed by atoms with E-state index in [4.69, 9.17) is 9.47 Å². The predicted octanol–water partition coefficient (Wildman–Crippen LogP) is 2.05. The molecule has 1 aromatic carbocycles. The Balaban J connectivity index is 2.79. The highest BCUT2D eigenvalue weighted by Gasteiger charge is 2.19. The molecule has 0 aliphatic rings. The van der Waals surface area contributed by atoms with E-state index in [2.05, 4.69) is 0 Å². The quantitative estimate of drug-likeness (QED) is 0.709. The molecule has 1 rings (SSSR count). The Morgan fingerprint density at radius 1 is 1.19 bits per heavy atom. The fourth-order valence-corrected chi connectivity index (χ4v) is 1.80. The highest BCUT2D eigenvalue weighted by molar-refractivity contribution is 5.96. The van der Waals surface area contributed by atoms with Gasteiger partial charge in [-0.1, -0.05) is 0 Å². The average molecular weight is 299 g/mol. The van der Waals surface area contributed by atoms with Crippen LogP contribution in [0.5, 0.6) is 5.75 Å². The van der Waals surface area contributed by atoms with Crippen molar-refractivity contribution in [3.8, 4) is 5.75 Å². The van der Waals surface area contributed by atoms with Gasteiger partial charge in [-0.2, -0.15) is 0 Å². The fourth-order valence-electron chi connectivity index (χ4n) is 1.80. The lowest BCUT2D eigenvalue weighted by molar-refractivity contribution is 0.0547. The number of phenolic OH excluding ortho intramolecular Hbond substituents is 1. The van der Waals surface area contributed by atoms with Crippen molar-refractivity contribution in [2.24, 2.45) is 0 Å². The number of hydrogen-bond acceptors (Lipinski definition) is 4. The zero-order valence-corrected chi connectivity index (χ0v) is 12.5. The summed E-state index contributed by atoms with van der Waals surface area (Å²) in [5.74, 6) is -1.24. The number of ether oxygens (including phenoxy) is 2. The smallest absolute Gasteiger partial charge is 0.257 e. The molecule has 5 nitrogen and oxygen atoms in total. The minimum absolute atomic E-state index is 0.0528. The van der Waals surface area contributed by atoms with E-state index in [0.717, 1.165) is 12.1 Å². The van der Waals surface area contributed by atoms with Gasteiger partial charge in [0.1, 0.15) is 11.6 Å². The van der Waals surface area contributed by atoms with Gasteiger partial charge in [0.25, 0.3) is 5.91 Å². The zero-order valence-electron chi connectivity index (χ0n) is 12.5. The van der Waals surface area contributed by atoms with Crippen molar-refractivity contribution in [1.29, 1.82) is 0 Å². The zero-order chi connectivity index (χ0) is 15.7. The molecule has 0 aliphatic carbocycles. The maximum Gasteiger partial charge on any atom is 0.257 e. The number of benzene rings is 1. The summed E-state index contributed by atoms with van der Waals surface area (Å²) in [6.07, 6.45) is 0. The topological polar surface area (TPSA) is 59.0 Å². The highest BCUT2D eigenvalue weighted by atomic mass is 19.1. The second-order valence-electron chi connectivity index (χ2n) is 4.35. The first-order chi connectivity index (χ1) is 10.1. The van der Waals surface area contributed by atoms with Crippen molar-refractivity contribution in [1.82, 2.24) is 4.90 Å². The Kier molecular flexibility index (Phi) is 7.71. The number of aromatic hydroxyl groups is 1. The molecule has 6 heteroatoms. The van der Waals surface area contributed by atoms with E-state index < -0.39 is 11.7 Å². The number of carbonyl (C=O) groups is 1. The maximum absolute atomic E-state index is 13.3. The van der Waals surface area contributed by atoms with E-state index >= 15 is 0 Å². The second kappa shape index (κ2) is 9.31. The first-order valence-corrected chi connectivity index (χ1v) is 7.03. The number of amides is 1. The number of carbonyl (C=O) groups excluding carboxylic acids is 1. The van der Waals surface area contributed by atoms with Crippen molar-refractivity contribution in [2.45, 2.75) is 13.8 Å². The number of nitrogens with zero attached hydrogens (tertiary/aromatic N) is 1. The minimum atomic E-state index is -0.564. The van der Waals surface area contributed by atoms with Crippen molar-refractivity contribution in [3.63, 3.8) is 0 Å². The summed E-state index contributed by atoms with van der Waals surface area (Å²) in [5, 5.41) is 9.72. The summed E-state index contributed by atoms with van der Waals surface area (Å²) in [6.45, 7) is 6.31. The first-order valence-electron chi connectivity index (χ1n) is 7.03. The molecular formula is C15H22FNO4. The van der Waals surface area contributed by atoms with Gasteiger partial charge in [0.05, 0.1) is 18.8 Å². The van der Waals surface area contributed by atoms with Gasteiger partial charge in [0.15, 0.2) is 0 Å². The largest absolute Gasteiger partial charge is 0.507 e. The predicted molar refractivity (Wildman–Crippen MR) is 77.0 cm³/mol. The summed E-state index contributed by atoms with van der Waals surface area (Å²) in [7, 11) is 0. The summed E-state index contributed by atoms with van der Waals surface area (Å²) >= 11 is 0. The van der Waals surface area contributed by atoms with Crippen LogP contribution in [-0.4, -0.2) is 55.4 Å². The Morgan fingerprint density at radius 3 is 2.29 bits per heavy atom. The standard InChI is InChI=1S/C15H22FNO4/c1-3-20-9-7-17(8-10-21-4-2)15(19)13-11-12(16)5-6-14(13)18/h5-6,11,18H,3-4,7-10H2,1-2H3. The van der Waals surface area contributed by atoms with Crippen molar-refractivity contribution >= 4 is 5.91 Å². The molecule has 0 fully saturated rings. The molecule has 1 amide bonds. The lowest BCUT2D eigenvalue weighted by Crippen LogP contribution is -2.36. The van der Waals surface area contributed by atoms with E-state index in [9.17, 15) is 14.3 Å². The Hall–Kier alpha value is -1.66. The Bertz CT molecular complexity index is 443. The molecule has 0 spiro atoms. The Morgan fingerprint density at radius 2 is 1.76 bits per heavy atom. The van der Waals surface area contributed by atoms with Gasteiger partial charge >= 0.3 is 0 Å². The molecule has 1 aromatic rings. The monoisotopic (exact) mass is 299 g/mol. The van der Waals surface area contributed by atoms with Crippen LogP contribution in [0.3, 0.4) is 0 Å². The molecular weight excluding hydrogens is 277 g/mol. The molecule has 0 heterocycles. The van der Waals surface area contributed by atoms with Gasteiger partial charge in [0.2, 0.25) is 0 Å². The van der Waals surface area contributed by atoms with Gasteiger partial charge in [-0.3, -0.25) is 4.79 Å². The molecule has 118 valence electrons. The van der Waals surface area contributed by atoms with Crippen molar-refractivity contribution < 1.29 is 23.8 Å². The second-order valence-corrected chi connectivity index (χ2v) is 4.35. The van der Waals surface area contributed by atoms with Gasteiger partial charge in [0, 0.05) is 26.3 Å². The molecule has 21 heavy (non-hydrogen) atoms. The van der Waals surface area contributed by atoms with Crippen LogP contribution in [0, 0.1) is 5.82 Å². The summed E-state index contributed by atoms with van der Waals surface area (Å²) < 4.78 is 23.7. The molecule has 0 saturated carbocycles. The molecule has 0 aliphatic heterocycles. The van der Waals surface area contributed by atoms with Crippen LogP contribution in [0.4, 0.5) is 4.39 Å². The molecule has 0 radical (unpaired) electrons. The fraction of sp³-hybridized carbons (Fsp3) is 0.533. The Labute approximate surface area is 124 Å². The van der Waals surface area contributed by atoms with E-state index in [0.29, 0.717) is 39.5 Å². The lowest BCUT2D eigenvalue weighted by Gasteiger charge is -2.23. The molecule has 0 bridgehead atoms. The van der Waals surface area contributed by atoms with E-state index in [1.807, 2.05) is 13.8 Å².